The molecule has 10 heteroatoms. The van der Waals surface area contributed by atoms with Gasteiger partial charge in [0.25, 0.3) is 5.91 Å². The lowest BCUT2D eigenvalue weighted by molar-refractivity contribution is -0.0440. The summed E-state index contributed by atoms with van der Waals surface area (Å²) in [4.78, 5) is 12.8. The number of ether oxygens (including phenoxy) is 1. The van der Waals surface area contributed by atoms with Gasteiger partial charge in [-0.1, -0.05) is 6.07 Å². The number of H-pyrrole nitrogens is 1. The topological polar surface area (TPSA) is 125 Å². The molecule has 0 radical (unpaired) electrons. The highest BCUT2D eigenvalue weighted by atomic mass is 32.2. The van der Waals surface area contributed by atoms with Crippen molar-refractivity contribution in [3.05, 3.63) is 59.3 Å². The number of sulfonamides is 1. The molecule has 0 spiro atoms. The van der Waals surface area contributed by atoms with Crippen LogP contribution in [0.5, 0.6) is 5.75 Å². The Labute approximate surface area is 198 Å². The molecule has 1 aliphatic heterocycles. The maximum absolute atomic E-state index is 13.0. The number of carbonyl (C=O) groups excluding carboxylic acids is 1. The Morgan fingerprint density at radius 2 is 1.76 bits per heavy atom. The minimum atomic E-state index is -3.66. The second-order valence-corrected chi connectivity index (χ2v) is 10.6. The van der Waals surface area contributed by atoms with Gasteiger partial charge in [-0.15, -0.1) is 0 Å². The van der Waals surface area contributed by atoms with Crippen molar-refractivity contribution in [1.82, 2.24) is 14.5 Å². The Morgan fingerprint density at radius 1 is 1.12 bits per heavy atom. The molecule has 0 aliphatic carbocycles. The largest absolute Gasteiger partial charge is 0.507 e. The van der Waals surface area contributed by atoms with E-state index in [2.05, 4.69) is 15.5 Å². The van der Waals surface area contributed by atoms with Crippen molar-refractivity contribution in [1.29, 1.82) is 0 Å². The van der Waals surface area contributed by atoms with Crippen LogP contribution in [-0.4, -0.2) is 59.2 Å². The normalized spacial score (nSPS) is 19.2. The minimum absolute atomic E-state index is 0.116. The van der Waals surface area contributed by atoms with Crippen LogP contribution in [0.1, 0.15) is 35.5 Å². The van der Waals surface area contributed by atoms with Crippen molar-refractivity contribution < 1.29 is 23.1 Å². The van der Waals surface area contributed by atoms with Gasteiger partial charge in [0.1, 0.15) is 11.4 Å². The fourth-order valence-electron chi connectivity index (χ4n) is 4.12. The van der Waals surface area contributed by atoms with E-state index >= 15 is 0 Å². The number of aryl methyl sites for hydroxylation is 2. The molecular formula is C24H28N4O5S. The molecule has 3 N–H and O–H groups in total. The van der Waals surface area contributed by atoms with E-state index in [1.165, 1.54) is 16.4 Å². The summed E-state index contributed by atoms with van der Waals surface area (Å²) in [5.74, 6) is -0.320. The number of phenols is 1. The van der Waals surface area contributed by atoms with Crippen molar-refractivity contribution in [2.75, 3.05) is 18.4 Å². The number of nitrogens with one attached hydrogen (secondary N) is 2. The third kappa shape index (κ3) is 4.84. The van der Waals surface area contributed by atoms with Crippen LogP contribution >= 0.6 is 0 Å². The van der Waals surface area contributed by atoms with Crippen LogP contribution in [0.4, 0.5) is 5.69 Å². The highest BCUT2D eigenvalue weighted by molar-refractivity contribution is 7.89. The van der Waals surface area contributed by atoms with Gasteiger partial charge < -0.3 is 15.2 Å². The van der Waals surface area contributed by atoms with Crippen LogP contribution in [0.25, 0.3) is 11.3 Å². The highest BCUT2D eigenvalue weighted by Gasteiger charge is 2.32. The van der Waals surface area contributed by atoms with Crippen LogP contribution < -0.4 is 5.32 Å². The number of aromatic hydroxyl groups is 1. The molecule has 1 aliphatic rings. The molecule has 2 atom stereocenters. The van der Waals surface area contributed by atoms with Gasteiger partial charge in [-0.25, -0.2) is 8.42 Å². The number of aromatic amines is 1. The number of aromatic nitrogens is 2. The van der Waals surface area contributed by atoms with E-state index < -0.39 is 15.9 Å². The van der Waals surface area contributed by atoms with Crippen LogP contribution in [0.3, 0.4) is 0 Å². The molecule has 0 unspecified atom stereocenters. The summed E-state index contributed by atoms with van der Waals surface area (Å²) in [7, 11) is -3.66. The van der Waals surface area contributed by atoms with Crippen molar-refractivity contribution in [3.63, 3.8) is 0 Å². The van der Waals surface area contributed by atoms with Crippen LogP contribution in [0.15, 0.2) is 47.4 Å². The van der Waals surface area contributed by atoms with Gasteiger partial charge in [0.15, 0.2) is 0 Å². The smallest absolute Gasteiger partial charge is 0.273 e. The van der Waals surface area contributed by atoms with E-state index in [9.17, 15) is 18.3 Å². The average molecular weight is 485 g/mol. The van der Waals surface area contributed by atoms with E-state index in [1.807, 2.05) is 26.8 Å². The number of rotatable bonds is 5. The molecule has 2 aromatic carbocycles. The monoisotopic (exact) mass is 484 g/mol. The summed E-state index contributed by atoms with van der Waals surface area (Å²) >= 11 is 0. The van der Waals surface area contributed by atoms with Gasteiger partial charge in [0.05, 0.1) is 22.8 Å². The molecule has 1 amide bonds. The number of carbonyl (C=O) groups is 1. The van der Waals surface area contributed by atoms with E-state index in [0.29, 0.717) is 30.0 Å². The van der Waals surface area contributed by atoms with Crippen molar-refractivity contribution in [2.45, 2.75) is 44.8 Å². The Bertz CT molecular complexity index is 1310. The van der Waals surface area contributed by atoms with E-state index in [-0.39, 0.29) is 28.5 Å². The summed E-state index contributed by atoms with van der Waals surface area (Å²) in [6.45, 7) is 8.00. The number of phenolic OH excluding ortho intramolecular Hbond substituents is 1. The molecule has 34 heavy (non-hydrogen) atoms. The summed E-state index contributed by atoms with van der Waals surface area (Å²) in [6, 6.07) is 11.3. The molecule has 180 valence electrons. The molecule has 9 nitrogen and oxygen atoms in total. The number of amides is 1. The zero-order valence-corrected chi connectivity index (χ0v) is 20.3. The molecular weight excluding hydrogens is 456 g/mol. The maximum Gasteiger partial charge on any atom is 0.273 e. The summed E-state index contributed by atoms with van der Waals surface area (Å²) in [6.07, 6.45) is -0.357. The predicted octanol–water partition coefficient (Wildman–Crippen LogP) is 3.45. The van der Waals surface area contributed by atoms with Crippen molar-refractivity contribution in [3.8, 4) is 17.0 Å². The molecule has 4 rings (SSSR count). The quantitative estimate of drug-likeness (QED) is 0.510. The fourth-order valence-corrected chi connectivity index (χ4v) is 5.71. The van der Waals surface area contributed by atoms with Gasteiger partial charge in [0, 0.05) is 24.3 Å². The number of nitrogens with zero attached hydrogens (tertiary/aromatic N) is 2. The minimum Gasteiger partial charge on any atom is -0.507 e. The molecule has 2 heterocycles. The maximum atomic E-state index is 13.0. The zero-order chi connectivity index (χ0) is 24.6. The third-order valence-corrected chi connectivity index (χ3v) is 7.53. The van der Waals surface area contributed by atoms with E-state index in [0.717, 1.165) is 11.1 Å². The van der Waals surface area contributed by atoms with Crippen LogP contribution in [0, 0.1) is 13.8 Å². The molecule has 1 saturated heterocycles. The van der Waals surface area contributed by atoms with Crippen LogP contribution in [0.2, 0.25) is 0 Å². The first kappa shape index (κ1) is 23.9. The molecule has 3 aromatic rings. The lowest BCUT2D eigenvalue weighted by atomic mass is 10.0. The van der Waals surface area contributed by atoms with Gasteiger partial charge >= 0.3 is 0 Å². The fraction of sp³-hybridized carbons (Fsp3) is 0.333. The Balaban J connectivity index is 1.48. The standard InChI is InChI=1S/C24H28N4O5S/c1-14-9-15(2)23(29)20(10-14)21-11-22(27-26-21)24(30)25-18-5-7-19(8-6-18)34(31,32)28-12-16(3)33-17(4)13-28/h5-11,16-17,29H,12-13H2,1-4H3,(H,25,30)(H,26,27)/t16-,17+. The lowest BCUT2D eigenvalue weighted by Gasteiger charge is -2.34. The zero-order valence-electron chi connectivity index (χ0n) is 19.5. The third-order valence-electron chi connectivity index (χ3n) is 5.68. The molecule has 0 saturated carbocycles. The number of hydrogen-bond donors (Lipinski definition) is 3. The summed E-state index contributed by atoms with van der Waals surface area (Å²) in [5.41, 5.74) is 3.33. The number of morpholine rings is 1. The first-order valence-corrected chi connectivity index (χ1v) is 12.4. The number of anilines is 1. The van der Waals surface area contributed by atoms with E-state index in [1.54, 1.807) is 31.2 Å². The molecule has 1 aromatic heterocycles. The average Bonchev–Trinajstić information content (AvgIpc) is 3.26. The second-order valence-electron chi connectivity index (χ2n) is 8.70. The van der Waals surface area contributed by atoms with Crippen molar-refractivity contribution in [2.24, 2.45) is 0 Å². The number of benzene rings is 2. The van der Waals surface area contributed by atoms with Gasteiger partial charge in [-0.2, -0.15) is 9.40 Å². The SMILES string of the molecule is Cc1cc(C)c(O)c(-c2cc(C(=O)Nc3ccc(S(=O)(=O)N4C[C@@H](C)O[C@@H](C)C4)cc3)[nH]n2)c1. The van der Waals surface area contributed by atoms with Crippen LogP contribution in [-0.2, 0) is 14.8 Å². The summed E-state index contributed by atoms with van der Waals surface area (Å²) < 4.78 is 33.0. The first-order valence-electron chi connectivity index (χ1n) is 11.0. The van der Waals surface area contributed by atoms with E-state index in [4.69, 9.17) is 4.74 Å². The lowest BCUT2D eigenvalue weighted by Crippen LogP contribution is -2.48. The summed E-state index contributed by atoms with van der Waals surface area (Å²) in [5, 5.41) is 19.9. The van der Waals surface area contributed by atoms with Crippen molar-refractivity contribution >= 4 is 21.6 Å². The van der Waals surface area contributed by atoms with Gasteiger partial charge in [0.2, 0.25) is 10.0 Å². The Morgan fingerprint density at radius 3 is 2.41 bits per heavy atom. The second kappa shape index (κ2) is 9.21. The number of hydrogen-bond acceptors (Lipinski definition) is 6. The van der Waals surface area contributed by atoms with Gasteiger partial charge in [-0.05, 0) is 75.2 Å². The van der Waals surface area contributed by atoms with Gasteiger partial charge in [-0.3, -0.25) is 9.89 Å². The molecule has 1 fully saturated rings. The predicted molar refractivity (Wildman–Crippen MR) is 128 cm³/mol. The first-order chi connectivity index (χ1) is 16.0. The highest BCUT2D eigenvalue weighted by Crippen LogP contribution is 2.32. The Kier molecular flexibility index (Phi) is 6.48. The molecule has 0 bridgehead atoms. The Hall–Kier alpha value is -3.21.